The highest BCUT2D eigenvalue weighted by molar-refractivity contribution is 5.82. The largest absolute Gasteiger partial charge is 0.392 e. The summed E-state index contributed by atoms with van der Waals surface area (Å²) in [7, 11) is 0. The highest BCUT2D eigenvalue weighted by atomic mass is 19.1. The fourth-order valence-electron chi connectivity index (χ4n) is 6.54. The van der Waals surface area contributed by atoms with Crippen molar-refractivity contribution in [1.29, 1.82) is 0 Å². The predicted molar refractivity (Wildman–Crippen MR) is 152 cm³/mol. The second-order valence-electron chi connectivity index (χ2n) is 12.1. The fourth-order valence-corrected chi connectivity index (χ4v) is 6.54. The molecule has 40 heavy (non-hydrogen) atoms. The Kier molecular flexibility index (Phi) is 6.78. The molecule has 0 spiro atoms. The van der Waals surface area contributed by atoms with Gasteiger partial charge in [-0.3, -0.25) is 15.2 Å². The Balaban J connectivity index is 1.44. The number of nitrogens with zero attached hydrogens (tertiary/aromatic N) is 3. The smallest absolute Gasteiger partial charge is 0.282 e. The number of hydrogen-bond donors (Lipinski definition) is 4. The van der Waals surface area contributed by atoms with E-state index in [0.717, 1.165) is 29.7 Å². The van der Waals surface area contributed by atoms with Crippen LogP contribution in [0.3, 0.4) is 0 Å². The summed E-state index contributed by atoms with van der Waals surface area (Å²) < 4.78 is 16.5. The minimum atomic E-state index is -0.572. The maximum absolute atomic E-state index is 15.3. The van der Waals surface area contributed by atoms with Crippen molar-refractivity contribution in [2.45, 2.75) is 69.7 Å². The summed E-state index contributed by atoms with van der Waals surface area (Å²) in [5, 5.41) is 15.5. The monoisotopic (exact) mass is 542 g/mol. The molecule has 8 nitrogen and oxygen atoms in total. The Morgan fingerprint density at radius 3 is 2.67 bits per heavy atom. The van der Waals surface area contributed by atoms with Crippen LogP contribution in [0.25, 0.3) is 16.5 Å². The number of rotatable bonds is 4. The number of aliphatic hydroxyl groups is 1. The predicted octanol–water partition coefficient (Wildman–Crippen LogP) is 3.75. The maximum Gasteiger partial charge on any atom is 0.282 e. The van der Waals surface area contributed by atoms with Crippen LogP contribution >= 0.6 is 0 Å². The van der Waals surface area contributed by atoms with Gasteiger partial charge in [-0.25, -0.2) is 9.82 Å². The molecule has 5 atom stereocenters. The van der Waals surface area contributed by atoms with E-state index in [4.69, 9.17) is 5.73 Å². The van der Waals surface area contributed by atoms with Gasteiger partial charge < -0.3 is 10.8 Å². The van der Waals surface area contributed by atoms with Gasteiger partial charge in [-0.05, 0) is 65.6 Å². The Morgan fingerprint density at radius 2 is 1.95 bits per heavy atom. The standard InChI is InChI=1S/C31H35FN6O2/c1-31(2,3)19-11-18-15-35-38(30(40)27(18)24(32)14-19)26-9-6-7-20(23(26)16-39)17-12-21(25-8-4-5-10-34-25)28-22(13-17)29(33)37-36-28/h4-11,14-15,17,21-22,28-29,36-37,39H,12-13,16,33H2,1-3H3. The summed E-state index contributed by atoms with van der Waals surface area (Å²) in [4.78, 5) is 18.3. The zero-order valence-electron chi connectivity index (χ0n) is 22.9. The number of fused-ring (bicyclic) bond motifs is 2. The molecule has 2 fully saturated rings. The number of hydrogen-bond acceptors (Lipinski definition) is 7. The van der Waals surface area contributed by atoms with Crippen molar-refractivity contribution in [1.82, 2.24) is 25.6 Å². The van der Waals surface area contributed by atoms with Crippen LogP contribution in [0.1, 0.15) is 67.8 Å². The molecule has 1 aliphatic heterocycles. The van der Waals surface area contributed by atoms with Crippen LogP contribution in [-0.2, 0) is 12.0 Å². The lowest BCUT2D eigenvalue weighted by Crippen LogP contribution is -2.42. The Bertz CT molecular complexity index is 1620. The molecule has 1 saturated carbocycles. The van der Waals surface area contributed by atoms with Crippen LogP contribution in [0.2, 0.25) is 0 Å². The van der Waals surface area contributed by atoms with Crippen molar-refractivity contribution in [3.05, 3.63) is 99.5 Å². The molecule has 2 aliphatic rings. The molecule has 208 valence electrons. The Hall–Kier alpha value is -3.50. The third-order valence-electron chi connectivity index (χ3n) is 8.65. The molecule has 3 heterocycles. The van der Waals surface area contributed by atoms with E-state index < -0.39 is 11.4 Å². The lowest BCUT2D eigenvalue weighted by molar-refractivity contribution is 0.238. The molecule has 1 aliphatic carbocycles. The highest BCUT2D eigenvalue weighted by Crippen LogP contribution is 2.46. The number of benzene rings is 2. The van der Waals surface area contributed by atoms with Crippen LogP contribution < -0.4 is 22.1 Å². The molecule has 1 saturated heterocycles. The molecule has 4 aromatic rings. The first-order valence-electron chi connectivity index (χ1n) is 13.8. The van der Waals surface area contributed by atoms with Gasteiger partial charge >= 0.3 is 0 Å². The van der Waals surface area contributed by atoms with E-state index in [1.807, 2.05) is 57.2 Å². The Morgan fingerprint density at radius 1 is 1.12 bits per heavy atom. The zero-order chi connectivity index (χ0) is 28.2. The summed E-state index contributed by atoms with van der Waals surface area (Å²) in [6.45, 7) is 5.71. The third-order valence-corrected chi connectivity index (χ3v) is 8.65. The van der Waals surface area contributed by atoms with Gasteiger partial charge in [0.15, 0.2) is 0 Å². The lowest BCUT2D eigenvalue weighted by atomic mass is 9.67. The average Bonchev–Trinajstić information content (AvgIpc) is 3.32. The summed E-state index contributed by atoms with van der Waals surface area (Å²) in [5.74, 6) is -0.259. The van der Waals surface area contributed by atoms with Gasteiger partial charge in [-0.1, -0.05) is 39.0 Å². The molecule has 0 bridgehead atoms. The van der Waals surface area contributed by atoms with Gasteiger partial charge in [-0.15, -0.1) is 0 Å². The van der Waals surface area contributed by atoms with Gasteiger partial charge in [0.2, 0.25) is 0 Å². The van der Waals surface area contributed by atoms with Gasteiger partial charge in [-0.2, -0.15) is 9.78 Å². The van der Waals surface area contributed by atoms with Crippen molar-refractivity contribution < 1.29 is 9.50 Å². The molecular weight excluding hydrogens is 507 g/mol. The number of pyridine rings is 1. The van der Waals surface area contributed by atoms with Crippen molar-refractivity contribution >= 4 is 10.8 Å². The van der Waals surface area contributed by atoms with Crippen molar-refractivity contribution in [2.75, 3.05) is 0 Å². The second-order valence-corrected chi connectivity index (χ2v) is 12.1. The summed E-state index contributed by atoms with van der Waals surface area (Å²) in [5.41, 5.74) is 16.0. The van der Waals surface area contributed by atoms with Crippen molar-refractivity contribution in [2.24, 2.45) is 11.7 Å². The molecule has 0 radical (unpaired) electrons. The SMILES string of the molecule is CC(C)(C)c1cc(F)c2c(=O)n(-c3cccc(C4CC(c5ccccn5)C5NNC(N)C5C4)c3CO)ncc2c1. The second kappa shape index (κ2) is 10.2. The Labute approximate surface area is 232 Å². The van der Waals surface area contributed by atoms with E-state index in [2.05, 4.69) is 20.9 Å². The fraction of sp³-hybridized carbons (Fsp3) is 0.387. The van der Waals surface area contributed by atoms with Crippen molar-refractivity contribution in [3.63, 3.8) is 0 Å². The van der Waals surface area contributed by atoms with Gasteiger partial charge in [0.05, 0.1) is 30.0 Å². The quantitative estimate of drug-likeness (QED) is 0.310. The van der Waals surface area contributed by atoms with E-state index >= 15 is 4.39 Å². The minimum absolute atomic E-state index is 0.0119. The lowest BCUT2D eigenvalue weighted by Gasteiger charge is -2.39. The number of nitrogens with two attached hydrogens (primary N) is 1. The zero-order valence-corrected chi connectivity index (χ0v) is 22.9. The third kappa shape index (κ3) is 4.53. The summed E-state index contributed by atoms with van der Waals surface area (Å²) in [6, 6.07) is 14.9. The molecule has 6 rings (SSSR count). The molecule has 2 aromatic carbocycles. The number of aliphatic hydroxyl groups excluding tert-OH is 1. The van der Waals surface area contributed by atoms with Crippen molar-refractivity contribution in [3.8, 4) is 5.69 Å². The normalized spacial score (nSPS) is 24.8. The topological polar surface area (TPSA) is 118 Å². The number of hydrazine groups is 1. The van der Waals surface area contributed by atoms with Crippen LogP contribution in [-0.4, -0.2) is 32.1 Å². The van der Waals surface area contributed by atoms with Crippen LogP contribution in [0, 0.1) is 11.7 Å². The van der Waals surface area contributed by atoms with E-state index in [1.54, 1.807) is 12.3 Å². The van der Waals surface area contributed by atoms with Gasteiger partial charge in [0, 0.05) is 40.7 Å². The average molecular weight is 543 g/mol. The minimum Gasteiger partial charge on any atom is -0.392 e. The van der Waals surface area contributed by atoms with E-state index in [-0.39, 0.29) is 47.4 Å². The van der Waals surface area contributed by atoms with E-state index in [1.165, 1.54) is 16.9 Å². The molecule has 5 unspecified atom stereocenters. The number of nitrogens with one attached hydrogen (secondary N) is 2. The maximum atomic E-state index is 15.3. The molecule has 9 heteroatoms. The van der Waals surface area contributed by atoms with Crippen LogP contribution in [0.15, 0.2) is 65.7 Å². The molecule has 5 N–H and O–H groups in total. The number of aromatic nitrogens is 3. The van der Waals surface area contributed by atoms with Gasteiger partial charge in [0.1, 0.15) is 5.82 Å². The first kappa shape index (κ1) is 26.7. The highest BCUT2D eigenvalue weighted by Gasteiger charge is 2.46. The van der Waals surface area contributed by atoms with Crippen LogP contribution in [0.4, 0.5) is 4.39 Å². The molecule has 2 aromatic heterocycles. The van der Waals surface area contributed by atoms with E-state index in [9.17, 15) is 9.90 Å². The first-order chi connectivity index (χ1) is 19.2. The summed E-state index contributed by atoms with van der Waals surface area (Å²) in [6.07, 6.45) is 4.71. The summed E-state index contributed by atoms with van der Waals surface area (Å²) >= 11 is 0. The number of halogens is 1. The first-order valence-corrected chi connectivity index (χ1v) is 13.8. The van der Waals surface area contributed by atoms with Gasteiger partial charge in [0.25, 0.3) is 5.56 Å². The van der Waals surface area contributed by atoms with E-state index in [0.29, 0.717) is 16.6 Å². The molecule has 0 amide bonds. The van der Waals surface area contributed by atoms with Crippen LogP contribution in [0.5, 0.6) is 0 Å². The molecular formula is C31H35FN6O2.